The van der Waals surface area contributed by atoms with Crippen molar-refractivity contribution in [3.05, 3.63) is 16.6 Å². The first-order valence-corrected chi connectivity index (χ1v) is 5.65. The molecule has 13 heavy (non-hydrogen) atoms. The zero-order valence-corrected chi connectivity index (χ0v) is 8.35. The average Bonchev–Trinajstić information content (AvgIpc) is 2.75. The van der Waals surface area contributed by atoms with Crippen molar-refractivity contribution in [2.45, 2.75) is 38.3 Å². The number of nitrogens with one attached hydrogen (secondary N) is 1. The molecule has 0 aromatic carbocycles. The second-order valence-electron chi connectivity index (χ2n) is 3.33. The minimum absolute atomic E-state index is 0.429. The van der Waals surface area contributed by atoms with E-state index in [2.05, 4.69) is 10.5 Å². The van der Waals surface area contributed by atoms with Crippen molar-refractivity contribution in [3.63, 3.8) is 0 Å². The minimum Gasteiger partial charge on any atom is -0.298 e. The molecule has 1 fully saturated rings. The Labute approximate surface area is 82.1 Å². The van der Waals surface area contributed by atoms with Gasteiger partial charge in [-0.25, -0.2) is 4.98 Å². The van der Waals surface area contributed by atoms with Gasteiger partial charge in [0.05, 0.1) is 23.9 Å². The Morgan fingerprint density at radius 1 is 1.54 bits per heavy atom. The van der Waals surface area contributed by atoms with Gasteiger partial charge in [0.15, 0.2) is 0 Å². The van der Waals surface area contributed by atoms with Gasteiger partial charge in [-0.05, 0) is 12.8 Å². The molecule has 0 saturated heterocycles. The first kappa shape index (κ1) is 9.12. The van der Waals surface area contributed by atoms with Gasteiger partial charge in [0.2, 0.25) is 0 Å². The van der Waals surface area contributed by atoms with Crippen LogP contribution in [0.5, 0.6) is 0 Å². The van der Waals surface area contributed by atoms with Gasteiger partial charge in [-0.2, -0.15) is 5.48 Å². The number of hydrogen-bond acceptors (Lipinski definition) is 4. The van der Waals surface area contributed by atoms with Crippen LogP contribution in [0.4, 0.5) is 0 Å². The predicted molar refractivity (Wildman–Crippen MR) is 52.3 cm³/mol. The summed E-state index contributed by atoms with van der Waals surface area (Å²) in [4.78, 5) is 9.65. The summed E-state index contributed by atoms with van der Waals surface area (Å²) in [7, 11) is 0. The highest BCUT2D eigenvalue weighted by Gasteiger charge is 2.15. The summed E-state index contributed by atoms with van der Waals surface area (Å²) in [5.41, 5.74) is 5.87. The van der Waals surface area contributed by atoms with Gasteiger partial charge in [0.25, 0.3) is 0 Å². The van der Waals surface area contributed by atoms with E-state index in [0.717, 1.165) is 12.2 Å². The van der Waals surface area contributed by atoms with Crippen LogP contribution in [-0.4, -0.2) is 11.1 Å². The normalized spacial score (nSPS) is 18.2. The Bertz CT molecular complexity index is 232. The average molecular weight is 198 g/mol. The summed E-state index contributed by atoms with van der Waals surface area (Å²) >= 11 is 1.62. The highest BCUT2D eigenvalue weighted by atomic mass is 32.1. The van der Waals surface area contributed by atoms with E-state index in [-0.39, 0.29) is 0 Å². The molecule has 1 aromatic rings. The molecular formula is C9H14N2OS. The monoisotopic (exact) mass is 198 g/mol. The molecule has 0 unspecified atom stereocenters. The van der Waals surface area contributed by atoms with Gasteiger partial charge in [0.1, 0.15) is 0 Å². The van der Waals surface area contributed by atoms with Gasteiger partial charge in [0, 0.05) is 5.38 Å². The van der Waals surface area contributed by atoms with Gasteiger partial charge in [-0.3, -0.25) is 4.84 Å². The van der Waals surface area contributed by atoms with E-state index in [1.54, 1.807) is 11.3 Å². The Hall–Kier alpha value is -0.450. The quantitative estimate of drug-likeness (QED) is 0.752. The first-order chi connectivity index (χ1) is 6.45. The second kappa shape index (κ2) is 4.69. The molecule has 0 aliphatic heterocycles. The van der Waals surface area contributed by atoms with E-state index in [1.807, 2.05) is 10.9 Å². The van der Waals surface area contributed by atoms with Gasteiger partial charge in [-0.1, -0.05) is 12.8 Å². The third-order valence-electron chi connectivity index (χ3n) is 2.29. The van der Waals surface area contributed by atoms with E-state index >= 15 is 0 Å². The second-order valence-corrected chi connectivity index (χ2v) is 4.04. The fourth-order valence-electron chi connectivity index (χ4n) is 1.56. The van der Waals surface area contributed by atoms with Crippen molar-refractivity contribution in [1.29, 1.82) is 0 Å². The lowest BCUT2D eigenvalue weighted by molar-refractivity contribution is -0.0248. The molecule has 0 atom stereocenters. The van der Waals surface area contributed by atoms with Crippen LogP contribution < -0.4 is 5.48 Å². The van der Waals surface area contributed by atoms with Crippen molar-refractivity contribution in [1.82, 2.24) is 10.5 Å². The zero-order chi connectivity index (χ0) is 8.93. The smallest absolute Gasteiger partial charge is 0.0795 e. The van der Waals surface area contributed by atoms with Gasteiger partial charge in [-0.15, -0.1) is 11.3 Å². The van der Waals surface area contributed by atoms with Gasteiger partial charge >= 0.3 is 0 Å². The van der Waals surface area contributed by atoms with E-state index in [0.29, 0.717) is 6.10 Å². The number of hydroxylamine groups is 1. The van der Waals surface area contributed by atoms with Gasteiger partial charge < -0.3 is 0 Å². The summed E-state index contributed by atoms with van der Waals surface area (Å²) in [5, 5.41) is 2.03. The summed E-state index contributed by atoms with van der Waals surface area (Å²) < 4.78 is 0. The number of thiazole rings is 1. The van der Waals surface area contributed by atoms with Crippen LogP contribution in [0.2, 0.25) is 0 Å². The Morgan fingerprint density at radius 2 is 2.38 bits per heavy atom. The molecule has 1 N–H and O–H groups in total. The molecule has 2 rings (SSSR count). The molecule has 1 heterocycles. The number of aromatic nitrogens is 1. The molecule has 3 nitrogen and oxygen atoms in total. The fraction of sp³-hybridized carbons (Fsp3) is 0.667. The van der Waals surface area contributed by atoms with E-state index in [1.165, 1.54) is 25.7 Å². The minimum atomic E-state index is 0.429. The topological polar surface area (TPSA) is 34.2 Å². The standard InChI is InChI=1S/C9H14N2OS/c1-2-4-9(3-1)12-11-5-8-6-13-7-10-8/h6-7,9,11H,1-5H2. The lowest BCUT2D eigenvalue weighted by Crippen LogP contribution is -2.21. The summed E-state index contributed by atoms with van der Waals surface area (Å²) in [6.45, 7) is 0.722. The van der Waals surface area contributed by atoms with Crippen molar-refractivity contribution in [2.24, 2.45) is 0 Å². The maximum atomic E-state index is 5.49. The highest BCUT2D eigenvalue weighted by Crippen LogP contribution is 2.19. The van der Waals surface area contributed by atoms with Crippen LogP contribution in [-0.2, 0) is 11.4 Å². The molecule has 4 heteroatoms. The summed E-state index contributed by atoms with van der Waals surface area (Å²) in [6.07, 6.45) is 5.44. The van der Waals surface area contributed by atoms with Crippen molar-refractivity contribution in [2.75, 3.05) is 0 Å². The first-order valence-electron chi connectivity index (χ1n) is 4.71. The molecule has 72 valence electrons. The molecule has 1 aliphatic carbocycles. The Kier molecular flexibility index (Phi) is 3.29. The number of nitrogens with zero attached hydrogens (tertiary/aromatic N) is 1. The van der Waals surface area contributed by atoms with Crippen LogP contribution >= 0.6 is 11.3 Å². The van der Waals surface area contributed by atoms with Crippen LogP contribution in [0.3, 0.4) is 0 Å². The highest BCUT2D eigenvalue weighted by molar-refractivity contribution is 7.07. The van der Waals surface area contributed by atoms with Crippen molar-refractivity contribution >= 4 is 11.3 Å². The van der Waals surface area contributed by atoms with Crippen LogP contribution in [0.25, 0.3) is 0 Å². The van der Waals surface area contributed by atoms with Crippen molar-refractivity contribution in [3.8, 4) is 0 Å². The molecule has 0 bridgehead atoms. The Morgan fingerprint density at radius 3 is 3.08 bits per heavy atom. The summed E-state index contributed by atoms with van der Waals surface area (Å²) in [6, 6.07) is 0. The molecule has 0 radical (unpaired) electrons. The Balaban J connectivity index is 1.63. The lowest BCUT2D eigenvalue weighted by Gasteiger charge is -2.10. The molecule has 1 aromatic heterocycles. The van der Waals surface area contributed by atoms with Crippen molar-refractivity contribution < 1.29 is 4.84 Å². The lowest BCUT2D eigenvalue weighted by atomic mass is 10.3. The molecule has 1 aliphatic rings. The molecular weight excluding hydrogens is 184 g/mol. The largest absolute Gasteiger partial charge is 0.298 e. The third kappa shape index (κ3) is 2.76. The zero-order valence-electron chi connectivity index (χ0n) is 7.53. The van der Waals surface area contributed by atoms with E-state index in [4.69, 9.17) is 4.84 Å². The number of rotatable bonds is 4. The van der Waals surface area contributed by atoms with E-state index in [9.17, 15) is 0 Å². The molecule has 0 spiro atoms. The predicted octanol–water partition coefficient (Wildman–Crippen LogP) is 2.11. The molecule has 1 saturated carbocycles. The molecule has 0 amide bonds. The van der Waals surface area contributed by atoms with Crippen LogP contribution in [0.15, 0.2) is 10.9 Å². The maximum absolute atomic E-state index is 5.49. The van der Waals surface area contributed by atoms with Crippen LogP contribution in [0.1, 0.15) is 31.4 Å². The third-order valence-corrected chi connectivity index (χ3v) is 2.92. The van der Waals surface area contributed by atoms with E-state index < -0.39 is 0 Å². The fourth-order valence-corrected chi connectivity index (χ4v) is 2.12. The maximum Gasteiger partial charge on any atom is 0.0795 e. The summed E-state index contributed by atoms with van der Waals surface area (Å²) in [5.74, 6) is 0. The number of hydrogen-bond donors (Lipinski definition) is 1. The SMILES string of the molecule is c1nc(CNOC2CCCC2)cs1. The van der Waals surface area contributed by atoms with Crippen LogP contribution in [0, 0.1) is 0 Å².